The molecule has 0 amide bonds. The first kappa shape index (κ1) is 14.1. The van der Waals surface area contributed by atoms with Crippen LogP contribution in [0, 0.1) is 0 Å². The van der Waals surface area contributed by atoms with Crippen molar-refractivity contribution in [2.45, 2.75) is 0 Å². The van der Waals surface area contributed by atoms with Crippen LogP contribution < -0.4 is 5.73 Å². The molecule has 0 bridgehead atoms. The van der Waals surface area contributed by atoms with Gasteiger partial charge in [-0.2, -0.15) is 4.68 Å². The fourth-order valence-corrected chi connectivity index (χ4v) is 2.52. The number of nitrogen functional groups attached to an aromatic ring is 1. The summed E-state index contributed by atoms with van der Waals surface area (Å²) in [5, 5.41) is 13.1. The van der Waals surface area contributed by atoms with Crippen LogP contribution in [0.5, 0.6) is 0 Å². The van der Waals surface area contributed by atoms with Gasteiger partial charge in [-0.25, -0.2) is 0 Å². The summed E-state index contributed by atoms with van der Waals surface area (Å²) in [6, 6.07) is 10.3. The van der Waals surface area contributed by atoms with E-state index in [1.54, 1.807) is 36.4 Å². The van der Waals surface area contributed by atoms with Gasteiger partial charge in [0.1, 0.15) is 0 Å². The van der Waals surface area contributed by atoms with Crippen molar-refractivity contribution in [3.63, 3.8) is 0 Å². The number of anilines is 1. The Kier molecular flexibility index (Phi) is 3.71. The molecular formula is C13H8Cl3N5. The first-order valence-electron chi connectivity index (χ1n) is 5.85. The number of benzene rings is 2. The molecule has 0 spiro atoms. The Bertz CT molecular complexity index is 815. The third kappa shape index (κ3) is 2.68. The minimum atomic E-state index is 0.434. The van der Waals surface area contributed by atoms with Gasteiger partial charge in [0.2, 0.25) is 0 Å². The van der Waals surface area contributed by atoms with E-state index in [2.05, 4.69) is 15.5 Å². The summed E-state index contributed by atoms with van der Waals surface area (Å²) in [5.41, 5.74) is 7.54. The van der Waals surface area contributed by atoms with Crippen LogP contribution >= 0.6 is 34.8 Å². The number of hydrogen-bond acceptors (Lipinski definition) is 4. The molecular weight excluding hydrogens is 333 g/mol. The molecule has 0 saturated carbocycles. The van der Waals surface area contributed by atoms with E-state index in [4.69, 9.17) is 40.5 Å². The van der Waals surface area contributed by atoms with Gasteiger partial charge in [-0.05, 0) is 46.8 Å². The maximum absolute atomic E-state index is 6.19. The molecule has 0 aliphatic heterocycles. The lowest BCUT2D eigenvalue weighted by atomic mass is 10.2. The van der Waals surface area contributed by atoms with Crippen LogP contribution in [-0.2, 0) is 0 Å². The molecule has 8 heteroatoms. The Balaban J connectivity index is 2.14. The van der Waals surface area contributed by atoms with E-state index in [1.807, 2.05) is 0 Å². The quantitative estimate of drug-likeness (QED) is 0.719. The Morgan fingerprint density at radius 1 is 0.952 bits per heavy atom. The molecule has 2 aromatic carbocycles. The molecule has 0 fully saturated rings. The van der Waals surface area contributed by atoms with Gasteiger partial charge in [0, 0.05) is 10.6 Å². The molecule has 0 aliphatic rings. The van der Waals surface area contributed by atoms with Gasteiger partial charge in [-0.1, -0.05) is 34.8 Å². The van der Waals surface area contributed by atoms with Gasteiger partial charge in [-0.3, -0.25) is 0 Å². The summed E-state index contributed by atoms with van der Waals surface area (Å²) < 4.78 is 1.51. The summed E-state index contributed by atoms with van der Waals surface area (Å²) in [7, 11) is 0. The largest absolute Gasteiger partial charge is 0.398 e. The van der Waals surface area contributed by atoms with Crippen LogP contribution in [0.4, 0.5) is 5.69 Å². The van der Waals surface area contributed by atoms with Crippen LogP contribution in [-0.4, -0.2) is 20.2 Å². The molecule has 0 unspecified atom stereocenters. The second-order valence-electron chi connectivity index (χ2n) is 4.25. The SMILES string of the molecule is Nc1ccc(-c2nnnn2-c2ccc(Cl)cc2Cl)cc1Cl. The highest BCUT2D eigenvalue weighted by Crippen LogP contribution is 2.29. The molecule has 2 N–H and O–H groups in total. The van der Waals surface area contributed by atoms with E-state index in [-0.39, 0.29) is 0 Å². The molecule has 0 radical (unpaired) electrons. The van der Waals surface area contributed by atoms with Gasteiger partial charge in [0.05, 0.1) is 21.4 Å². The van der Waals surface area contributed by atoms with Crippen molar-refractivity contribution in [3.05, 3.63) is 51.5 Å². The number of nitrogens with zero attached hydrogens (tertiary/aromatic N) is 4. The van der Waals surface area contributed by atoms with Crippen LogP contribution in [0.2, 0.25) is 15.1 Å². The third-order valence-corrected chi connectivity index (χ3v) is 3.73. The minimum absolute atomic E-state index is 0.434. The average molecular weight is 341 g/mol. The van der Waals surface area contributed by atoms with Crippen LogP contribution in [0.15, 0.2) is 36.4 Å². The van der Waals surface area contributed by atoms with Crippen molar-refractivity contribution in [1.82, 2.24) is 20.2 Å². The Morgan fingerprint density at radius 3 is 2.48 bits per heavy atom. The lowest BCUT2D eigenvalue weighted by molar-refractivity contribution is 0.791. The van der Waals surface area contributed by atoms with E-state index in [9.17, 15) is 0 Å². The van der Waals surface area contributed by atoms with Gasteiger partial charge >= 0.3 is 0 Å². The monoisotopic (exact) mass is 339 g/mol. The molecule has 1 aromatic heterocycles. The fourth-order valence-electron chi connectivity index (χ4n) is 1.85. The zero-order valence-electron chi connectivity index (χ0n) is 10.5. The molecule has 0 aliphatic carbocycles. The Labute approximate surface area is 135 Å². The standard InChI is InChI=1S/C13H8Cl3N5/c14-8-2-4-12(10(16)6-8)21-13(18-19-20-21)7-1-3-11(17)9(15)5-7/h1-6H,17H2. The van der Waals surface area contributed by atoms with E-state index in [0.29, 0.717) is 32.3 Å². The number of nitrogens with two attached hydrogens (primary N) is 1. The second kappa shape index (κ2) is 5.52. The summed E-state index contributed by atoms with van der Waals surface area (Å²) in [5.74, 6) is 0.501. The maximum atomic E-state index is 6.19. The zero-order chi connectivity index (χ0) is 15.0. The molecule has 1 heterocycles. The van der Waals surface area contributed by atoms with Crippen molar-refractivity contribution >= 4 is 40.5 Å². The molecule has 106 valence electrons. The highest BCUT2D eigenvalue weighted by atomic mass is 35.5. The maximum Gasteiger partial charge on any atom is 0.187 e. The second-order valence-corrected chi connectivity index (χ2v) is 5.50. The average Bonchev–Trinajstić information content (AvgIpc) is 2.91. The van der Waals surface area contributed by atoms with Gasteiger partial charge < -0.3 is 5.73 Å². The van der Waals surface area contributed by atoms with Gasteiger partial charge in [0.25, 0.3) is 0 Å². The first-order valence-corrected chi connectivity index (χ1v) is 6.99. The van der Waals surface area contributed by atoms with Crippen LogP contribution in [0.1, 0.15) is 0 Å². The van der Waals surface area contributed by atoms with Crippen LogP contribution in [0.25, 0.3) is 17.1 Å². The highest BCUT2D eigenvalue weighted by molar-refractivity contribution is 6.35. The molecule has 3 rings (SSSR count). The Morgan fingerprint density at radius 2 is 1.76 bits per heavy atom. The van der Waals surface area contributed by atoms with E-state index in [1.165, 1.54) is 4.68 Å². The number of halogens is 3. The van der Waals surface area contributed by atoms with Crippen molar-refractivity contribution in [2.24, 2.45) is 0 Å². The smallest absolute Gasteiger partial charge is 0.187 e. The lowest BCUT2D eigenvalue weighted by Gasteiger charge is -2.07. The fraction of sp³-hybridized carbons (Fsp3) is 0. The zero-order valence-corrected chi connectivity index (χ0v) is 12.7. The minimum Gasteiger partial charge on any atom is -0.398 e. The molecule has 0 saturated heterocycles. The summed E-state index contributed by atoms with van der Waals surface area (Å²) in [6.45, 7) is 0. The van der Waals surface area contributed by atoms with Crippen molar-refractivity contribution in [2.75, 3.05) is 5.73 Å². The summed E-state index contributed by atoms with van der Waals surface area (Å²) in [6.07, 6.45) is 0. The topological polar surface area (TPSA) is 69.6 Å². The van der Waals surface area contributed by atoms with E-state index < -0.39 is 0 Å². The predicted octanol–water partition coefficient (Wildman–Crippen LogP) is 3.87. The molecule has 21 heavy (non-hydrogen) atoms. The van der Waals surface area contributed by atoms with Crippen molar-refractivity contribution < 1.29 is 0 Å². The summed E-state index contributed by atoms with van der Waals surface area (Å²) >= 11 is 18.1. The van der Waals surface area contributed by atoms with E-state index >= 15 is 0 Å². The molecule has 3 aromatic rings. The molecule has 5 nitrogen and oxygen atoms in total. The van der Waals surface area contributed by atoms with Crippen molar-refractivity contribution in [3.8, 4) is 17.1 Å². The number of aromatic nitrogens is 4. The summed E-state index contributed by atoms with van der Waals surface area (Å²) in [4.78, 5) is 0. The van der Waals surface area contributed by atoms with E-state index in [0.717, 1.165) is 5.56 Å². The van der Waals surface area contributed by atoms with Crippen LogP contribution in [0.3, 0.4) is 0 Å². The Hall–Kier alpha value is -1.82. The highest BCUT2D eigenvalue weighted by Gasteiger charge is 2.14. The lowest BCUT2D eigenvalue weighted by Crippen LogP contribution is -2.01. The third-order valence-electron chi connectivity index (χ3n) is 2.87. The number of rotatable bonds is 2. The first-order chi connectivity index (χ1) is 10.1. The van der Waals surface area contributed by atoms with Crippen molar-refractivity contribution in [1.29, 1.82) is 0 Å². The predicted molar refractivity (Wildman–Crippen MR) is 84.0 cm³/mol. The number of tetrazole rings is 1. The van der Waals surface area contributed by atoms with Gasteiger partial charge in [0.15, 0.2) is 5.82 Å². The normalized spacial score (nSPS) is 10.8. The molecule has 0 atom stereocenters. The van der Waals surface area contributed by atoms with Gasteiger partial charge in [-0.15, -0.1) is 5.10 Å². The number of hydrogen-bond donors (Lipinski definition) is 1.